The van der Waals surface area contributed by atoms with Crippen LogP contribution >= 0.6 is 0 Å². The van der Waals surface area contributed by atoms with Gasteiger partial charge in [-0.05, 0) is 48.5 Å². The van der Waals surface area contributed by atoms with Crippen molar-refractivity contribution in [3.05, 3.63) is 140 Å². The smallest absolute Gasteiger partial charge is 0.178 e. The topological polar surface area (TPSA) is 58.1 Å². The lowest BCUT2D eigenvalue weighted by Gasteiger charge is -2.25. The third-order valence-corrected chi connectivity index (χ3v) is 8.44. The Hall–Kier alpha value is -6.21. The molecular weight excluding hydrogens is 572 g/mol. The molecule has 1 aliphatic rings. The normalized spacial score (nSPS) is 13.1. The fraction of sp³-hybridized carbons (Fsp3) is 0.0513. The van der Waals surface area contributed by atoms with Crippen LogP contribution in [0.2, 0.25) is 0 Å². The zero-order chi connectivity index (χ0) is 30.6. The van der Waals surface area contributed by atoms with E-state index in [1.54, 1.807) is 0 Å². The number of anilines is 4. The van der Waals surface area contributed by atoms with Crippen molar-refractivity contribution in [1.82, 2.24) is 9.88 Å². The number of rotatable bonds is 6. The Bertz CT molecular complexity index is 2370. The van der Waals surface area contributed by atoms with Crippen LogP contribution in [0.25, 0.3) is 43.9 Å². The molecule has 1 aliphatic heterocycles. The van der Waals surface area contributed by atoms with Gasteiger partial charge in [-0.15, -0.1) is 0 Å². The summed E-state index contributed by atoms with van der Waals surface area (Å²) >= 11 is 0. The van der Waals surface area contributed by atoms with E-state index in [-0.39, 0.29) is 0 Å². The Morgan fingerprint density at radius 1 is 0.630 bits per heavy atom. The summed E-state index contributed by atoms with van der Waals surface area (Å²) in [4.78, 5) is 11.2. The van der Waals surface area contributed by atoms with E-state index in [1.165, 1.54) is 0 Å². The van der Waals surface area contributed by atoms with Gasteiger partial charge in [0.25, 0.3) is 0 Å². The Morgan fingerprint density at radius 2 is 1.28 bits per heavy atom. The average molecular weight is 601 g/mol. The molecule has 7 nitrogen and oxygen atoms in total. The molecule has 46 heavy (non-hydrogen) atoms. The van der Waals surface area contributed by atoms with E-state index < -0.39 is 0 Å². The molecule has 0 radical (unpaired) electrons. The van der Waals surface area contributed by atoms with E-state index >= 15 is 0 Å². The van der Waals surface area contributed by atoms with Crippen LogP contribution in [0.4, 0.5) is 22.9 Å². The minimum atomic E-state index is 0.577. The maximum Gasteiger partial charge on any atom is 0.178 e. The van der Waals surface area contributed by atoms with E-state index in [0.717, 1.165) is 62.3 Å². The third kappa shape index (κ3) is 4.32. The lowest BCUT2D eigenvalue weighted by Crippen LogP contribution is -2.21. The molecule has 0 N–H and O–H groups in total. The quantitative estimate of drug-likeness (QED) is 0.188. The lowest BCUT2D eigenvalue weighted by atomic mass is 10.1. The van der Waals surface area contributed by atoms with Crippen molar-refractivity contribution in [3.63, 3.8) is 0 Å². The average Bonchev–Trinajstić information content (AvgIpc) is 3.81. The highest BCUT2D eigenvalue weighted by molar-refractivity contribution is 6.10. The summed E-state index contributed by atoms with van der Waals surface area (Å²) in [5.41, 5.74) is 5.81. The summed E-state index contributed by atoms with van der Waals surface area (Å²) in [6.07, 6.45) is 5.95. The zero-order valence-electron chi connectivity index (χ0n) is 25.0. The molecule has 4 heterocycles. The molecule has 0 aliphatic carbocycles. The number of aromatic nitrogens is 1. The minimum Gasteiger partial charge on any atom is -0.452 e. The van der Waals surface area contributed by atoms with Crippen LogP contribution in [0.15, 0.2) is 149 Å². The summed E-state index contributed by atoms with van der Waals surface area (Å²) < 4.78 is 19.9. The Kier molecular flexibility index (Phi) is 5.96. The summed E-state index contributed by atoms with van der Waals surface area (Å²) in [6, 6.07) is 40.7. The van der Waals surface area contributed by atoms with Crippen LogP contribution in [0, 0.1) is 0 Å². The number of ether oxygens (including phenoxy) is 1. The van der Waals surface area contributed by atoms with Crippen LogP contribution in [0.1, 0.15) is 0 Å². The molecule has 7 heteroatoms. The molecule has 3 aromatic heterocycles. The van der Waals surface area contributed by atoms with E-state index in [4.69, 9.17) is 18.6 Å². The van der Waals surface area contributed by atoms with Crippen LogP contribution in [-0.4, -0.2) is 23.6 Å². The van der Waals surface area contributed by atoms with Crippen LogP contribution in [-0.2, 0) is 0 Å². The molecule has 0 saturated heterocycles. The largest absolute Gasteiger partial charge is 0.452 e. The van der Waals surface area contributed by atoms with Gasteiger partial charge in [0.15, 0.2) is 22.7 Å². The Labute approximate surface area is 264 Å². The van der Waals surface area contributed by atoms with E-state index in [9.17, 15) is 0 Å². The van der Waals surface area contributed by atoms with Crippen molar-refractivity contribution in [2.75, 3.05) is 23.5 Å². The molecule has 0 atom stereocenters. The molecule has 0 unspecified atom stereocenters. The highest BCUT2D eigenvalue weighted by Crippen LogP contribution is 2.46. The molecule has 9 rings (SSSR count). The number of benzene rings is 5. The van der Waals surface area contributed by atoms with Gasteiger partial charge < -0.3 is 23.4 Å². The number of pyridine rings is 1. The maximum atomic E-state index is 6.95. The van der Waals surface area contributed by atoms with E-state index in [0.29, 0.717) is 22.7 Å². The molecule has 0 fully saturated rings. The lowest BCUT2D eigenvalue weighted by molar-refractivity contribution is 0.470. The van der Waals surface area contributed by atoms with Gasteiger partial charge >= 0.3 is 0 Å². The molecule has 222 valence electrons. The molecule has 5 aromatic carbocycles. The van der Waals surface area contributed by atoms with Gasteiger partial charge in [-0.3, -0.25) is 4.90 Å². The van der Waals surface area contributed by atoms with Crippen LogP contribution in [0.5, 0.6) is 11.5 Å². The number of nitrogens with zero attached hydrogens (tertiary/aromatic N) is 4. The third-order valence-electron chi connectivity index (χ3n) is 8.44. The fourth-order valence-electron chi connectivity index (χ4n) is 6.30. The molecule has 0 bridgehead atoms. The van der Waals surface area contributed by atoms with Gasteiger partial charge in [-0.2, -0.15) is 0 Å². The van der Waals surface area contributed by atoms with Crippen molar-refractivity contribution in [3.8, 4) is 11.5 Å². The van der Waals surface area contributed by atoms with Gasteiger partial charge in [-0.1, -0.05) is 60.7 Å². The van der Waals surface area contributed by atoms with Gasteiger partial charge in [-0.25, -0.2) is 4.98 Å². The van der Waals surface area contributed by atoms with E-state index in [2.05, 4.69) is 70.5 Å². The predicted octanol–water partition coefficient (Wildman–Crippen LogP) is 10.3. The second-order valence-corrected chi connectivity index (χ2v) is 11.5. The van der Waals surface area contributed by atoms with E-state index in [1.807, 2.05) is 91.1 Å². The number of hydrogen-bond donors (Lipinski definition) is 0. The maximum absolute atomic E-state index is 6.95. The first-order chi connectivity index (χ1) is 22.7. The van der Waals surface area contributed by atoms with Crippen molar-refractivity contribution in [2.24, 2.45) is 0 Å². The molecular formula is C39H28N4O3. The molecule has 8 aromatic rings. The SMILES string of the molecule is CN1C=CN(c2cc(Oc3cc(N(c4ccccc4)c4ccccn4)cc4c3oc3ccccc34)c3oc4ccccc4c3c2)C1. The van der Waals surface area contributed by atoms with Gasteiger partial charge in [0.1, 0.15) is 17.0 Å². The first kappa shape index (κ1) is 26.2. The first-order valence-corrected chi connectivity index (χ1v) is 15.2. The first-order valence-electron chi connectivity index (χ1n) is 15.2. The fourth-order valence-corrected chi connectivity index (χ4v) is 6.30. The zero-order valence-corrected chi connectivity index (χ0v) is 25.0. The number of hydrogen-bond acceptors (Lipinski definition) is 7. The van der Waals surface area contributed by atoms with Crippen LogP contribution in [0.3, 0.4) is 0 Å². The number of fused-ring (bicyclic) bond motifs is 6. The highest BCUT2D eigenvalue weighted by Gasteiger charge is 2.23. The highest BCUT2D eigenvalue weighted by atomic mass is 16.5. The Morgan fingerprint density at radius 3 is 1.96 bits per heavy atom. The second-order valence-electron chi connectivity index (χ2n) is 11.5. The minimum absolute atomic E-state index is 0.577. The molecule has 0 spiro atoms. The number of para-hydroxylation sites is 3. The Balaban J connectivity index is 1.29. The van der Waals surface area contributed by atoms with Gasteiger partial charge in [0.05, 0.1) is 12.4 Å². The second kappa shape index (κ2) is 10.5. The van der Waals surface area contributed by atoms with Gasteiger partial charge in [0.2, 0.25) is 0 Å². The predicted molar refractivity (Wildman–Crippen MR) is 184 cm³/mol. The summed E-state index contributed by atoms with van der Waals surface area (Å²) in [7, 11) is 2.06. The standard InChI is InChI=1S/C39H28N4O3/c1-41-19-20-42(25-41)27-21-31-29-13-5-7-15-33(29)45-38(31)35(23-27)44-36-24-28(22-32-30-14-6-8-16-34(30)46-39(32)36)43(26-11-3-2-4-12-26)37-17-9-10-18-40-37/h2-24H,25H2,1H3. The summed E-state index contributed by atoms with van der Waals surface area (Å²) in [5, 5.41) is 3.98. The van der Waals surface area contributed by atoms with Gasteiger partial charge in [0, 0.05) is 70.7 Å². The summed E-state index contributed by atoms with van der Waals surface area (Å²) in [5.74, 6) is 1.97. The summed E-state index contributed by atoms with van der Waals surface area (Å²) in [6.45, 7) is 0.736. The van der Waals surface area contributed by atoms with Crippen molar-refractivity contribution >= 4 is 66.8 Å². The van der Waals surface area contributed by atoms with Crippen molar-refractivity contribution in [1.29, 1.82) is 0 Å². The molecule has 0 amide bonds. The molecule has 0 saturated carbocycles. The van der Waals surface area contributed by atoms with Crippen molar-refractivity contribution < 1.29 is 13.6 Å². The van der Waals surface area contributed by atoms with Crippen LogP contribution < -0.4 is 14.5 Å². The monoisotopic (exact) mass is 600 g/mol. The number of furan rings is 2. The van der Waals surface area contributed by atoms with Crippen molar-refractivity contribution in [2.45, 2.75) is 0 Å².